The fourth-order valence-electron chi connectivity index (χ4n) is 4.73. The van der Waals surface area contributed by atoms with E-state index in [2.05, 4.69) is 17.2 Å². The number of rotatable bonds is 4. The molecule has 4 heteroatoms. The van der Waals surface area contributed by atoms with E-state index >= 15 is 0 Å². The second kappa shape index (κ2) is 4.34. The molecular formula is C16H24N4. The van der Waals surface area contributed by atoms with E-state index in [1.165, 1.54) is 19.3 Å². The average Bonchev–Trinajstić information content (AvgIpc) is 2.82. The predicted octanol–water partition coefficient (Wildman–Crippen LogP) is 2.78. The van der Waals surface area contributed by atoms with Crippen molar-refractivity contribution in [2.45, 2.75) is 52.0 Å². The third-order valence-corrected chi connectivity index (χ3v) is 5.74. The van der Waals surface area contributed by atoms with Gasteiger partial charge in [-0.05, 0) is 56.3 Å². The number of anilines is 2. The zero-order valence-electron chi connectivity index (χ0n) is 12.4. The lowest BCUT2D eigenvalue weighted by molar-refractivity contribution is 0.456. The molecule has 0 spiro atoms. The Bertz CT molecular complexity index is 526. The van der Waals surface area contributed by atoms with E-state index < -0.39 is 0 Å². The van der Waals surface area contributed by atoms with Crippen molar-refractivity contribution < 1.29 is 0 Å². The fourth-order valence-corrected chi connectivity index (χ4v) is 4.73. The summed E-state index contributed by atoms with van der Waals surface area (Å²) in [4.78, 5) is 9.09. The Balaban J connectivity index is 1.54. The average molecular weight is 272 g/mol. The highest BCUT2D eigenvalue weighted by Gasteiger charge is 2.65. The van der Waals surface area contributed by atoms with Crippen LogP contribution in [0, 0.1) is 30.6 Å². The lowest BCUT2D eigenvalue weighted by Gasteiger charge is -2.14. The summed E-state index contributed by atoms with van der Waals surface area (Å²) in [6.07, 6.45) is 6.36. The minimum atomic E-state index is 0.639. The van der Waals surface area contributed by atoms with Crippen molar-refractivity contribution in [3.63, 3.8) is 0 Å². The summed E-state index contributed by atoms with van der Waals surface area (Å²) >= 11 is 0. The molecule has 0 saturated heterocycles. The maximum Gasteiger partial charge on any atom is 0.135 e. The highest BCUT2D eigenvalue weighted by atomic mass is 15.1. The van der Waals surface area contributed by atoms with Crippen LogP contribution in [0.4, 0.5) is 11.6 Å². The molecule has 1 heterocycles. The van der Waals surface area contributed by atoms with Gasteiger partial charge in [0.25, 0.3) is 0 Å². The number of hydrogen-bond donors (Lipinski definition) is 2. The molecule has 3 fully saturated rings. The van der Waals surface area contributed by atoms with E-state index in [0.29, 0.717) is 11.9 Å². The molecule has 4 rings (SSSR count). The lowest BCUT2D eigenvalue weighted by Crippen LogP contribution is -2.16. The first-order valence-electron chi connectivity index (χ1n) is 8.08. The first-order chi connectivity index (χ1) is 9.69. The minimum absolute atomic E-state index is 0.639. The molecule has 0 aromatic carbocycles. The van der Waals surface area contributed by atoms with Crippen LogP contribution in [0.3, 0.4) is 0 Å². The number of nitrogen functional groups attached to an aromatic ring is 1. The number of fused-ring (bicyclic) bond motifs is 5. The molecule has 4 unspecified atom stereocenters. The summed E-state index contributed by atoms with van der Waals surface area (Å²) in [5.74, 6) is 6.30. The number of nitrogens with two attached hydrogens (primary N) is 1. The van der Waals surface area contributed by atoms with Gasteiger partial charge in [0.2, 0.25) is 0 Å². The summed E-state index contributed by atoms with van der Waals surface area (Å²) in [6, 6.07) is 0.656. The van der Waals surface area contributed by atoms with Gasteiger partial charge in [-0.3, -0.25) is 0 Å². The van der Waals surface area contributed by atoms with E-state index in [4.69, 9.17) is 10.7 Å². The van der Waals surface area contributed by atoms with Gasteiger partial charge in [0.1, 0.15) is 17.5 Å². The minimum Gasteiger partial charge on any atom is -0.383 e. The number of nitrogens with one attached hydrogen (secondary N) is 1. The van der Waals surface area contributed by atoms with Crippen molar-refractivity contribution in [2.24, 2.45) is 23.7 Å². The van der Waals surface area contributed by atoms with Crippen LogP contribution >= 0.6 is 0 Å². The van der Waals surface area contributed by atoms with E-state index in [-0.39, 0.29) is 0 Å². The topological polar surface area (TPSA) is 63.8 Å². The Morgan fingerprint density at radius 2 is 1.90 bits per heavy atom. The fraction of sp³-hybridized carbons (Fsp3) is 0.750. The molecule has 3 N–H and O–H groups in total. The Kier molecular flexibility index (Phi) is 2.69. The van der Waals surface area contributed by atoms with Crippen LogP contribution in [0.25, 0.3) is 0 Å². The Hall–Kier alpha value is -1.32. The maximum atomic E-state index is 6.04. The lowest BCUT2D eigenvalue weighted by atomic mass is 10.0. The SMILES string of the molecule is CCCc1nc(N)c(C)c(NC2C3C4CCC(C4)C23)n1. The summed E-state index contributed by atoms with van der Waals surface area (Å²) in [6.45, 7) is 4.18. The molecule has 4 nitrogen and oxygen atoms in total. The summed E-state index contributed by atoms with van der Waals surface area (Å²) in [7, 11) is 0. The number of nitrogens with zero attached hydrogens (tertiary/aromatic N) is 2. The van der Waals surface area contributed by atoms with Gasteiger partial charge in [-0.1, -0.05) is 6.92 Å². The van der Waals surface area contributed by atoms with Crippen LogP contribution in [-0.4, -0.2) is 16.0 Å². The summed E-state index contributed by atoms with van der Waals surface area (Å²) in [5, 5.41) is 3.70. The van der Waals surface area contributed by atoms with Crippen LogP contribution in [0.2, 0.25) is 0 Å². The van der Waals surface area contributed by atoms with E-state index in [0.717, 1.165) is 53.7 Å². The van der Waals surface area contributed by atoms with Crippen molar-refractivity contribution in [1.29, 1.82) is 0 Å². The van der Waals surface area contributed by atoms with Gasteiger partial charge in [-0.15, -0.1) is 0 Å². The normalized spacial score (nSPS) is 37.0. The smallest absolute Gasteiger partial charge is 0.135 e. The summed E-state index contributed by atoms with van der Waals surface area (Å²) < 4.78 is 0. The first kappa shape index (κ1) is 12.4. The van der Waals surface area contributed by atoms with Crippen LogP contribution in [0.1, 0.15) is 44.0 Å². The van der Waals surface area contributed by atoms with Crippen LogP contribution in [-0.2, 0) is 6.42 Å². The summed E-state index contributed by atoms with van der Waals surface area (Å²) in [5.41, 5.74) is 7.06. The van der Waals surface area contributed by atoms with Crippen molar-refractivity contribution in [2.75, 3.05) is 11.1 Å². The molecule has 108 valence electrons. The number of hydrogen-bond acceptors (Lipinski definition) is 4. The van der Waals surface area contributed by atoms with Crippen molar-refractivity contribution in [3.05, 3.63) is 11.4 Å². The number of aromatic nitrogens is 2. The molecule has 4 atom stereocenters. The van der Waals surface area contributed by atoms with Crippen molar-refractivity contribution in [1.82, 2.24) is 9.97 Å². The zero-order chi connectivity index (χ0) is 13.9. The van der Waals surface area contributed by atoms with Crippen LogP contribution in [0.15, 0.2) is 0 Å². The molecule has 3 aliphatic carbocycles. The van der Waals surface area contributed by atoms with E-state index in [1.54, 1.807) is 0 Å². The van der Waals surface area contributed by atoms with E-state index in [1.807, 2.05) is 6.92 Å². The maximum absolute atomic E-state index is 6.04. The first-order valence-corrected chi connectivity index (χ1v) is 8.08. The molecule has 20 heavy (non-hydrogen) atoms. The molecule has 1 aromatic heterocycles. The molecule has 0 radical (unpaired) electrons. The van der Waals surface area contributed by atoms with E-state index in [9.17, 15) is 0 Å². The quantitative estimate of drug-likeness (QED) is 0.884. The third kappa shape index (κ3) is 1.73. The van der Waals surface area contributed by atoms with Gasteiger partial charge in [0.05, 0.1) is 0 Å². The highest BCUT2D eigenvalue weighted by molar-refractivity contribution is 5.56. The van der Waals surface area contributed by atoms with Gasteiger partial charge >= 0.3 is 0 Å². The number of aryl methyl sites for hydroxylation is 1. The molecule has 0 aliphatic heterocycles. The second-order valence-electron chi connectivity index (χ2n) is 6.91. The zero-order valence-corrected chi connectivity index (χ0v) is 12.4. The monoisotopic (exact) mass is 272 g/mol. The molecule has 3 aliphatic rings. The van der Waals surface area contributed by atoms with Gasteiger partial charge < -0.3 is 11.1 Å². The molecule has 3 saturated carbocycles. The van der Waals surface area contributed by atoms with Gasteiger partial charge in [-0.25, -0.2) is 9.97 Å². The standard InChI is InChI=1S/C16H24N4/c1-3-4-11-18-15(17)8(2)16(19-11)20-14-12-9-5-6-10(7-9)13(12)14/h9-10,12-14H,3-7H2,1-2H3,(H3,17,18,19,20). The highest BCUT2D eigenvalue weighted by Crippen LogP contribution is 2.66. The Morgan fingerprint density at radius 1 is 1.20 bits per heavy atom. The molecule has 2 bridgehead atoms. The molecule has 0 amide bonds. The van der Waals surface area contributed by atoms with Crippen molar-refractivity contribution in [3.8, 4) is 0 Å². The Morgan fingerprint density at radius 3 is 2.55 bits per heavy atom. The van der Waals surface area contributed by atoms with Gasteiger partial charge in [0, 0.05) is 18.0 Å². The Labute approximate surface area is 120 Å². The molecular weight excluding hydrogens is 248 g/mol. The largest absolute Gasteiger partial charge is 0.383 e. The second-order valence-corrected chi connectivity index (χ2v) is 6.91. The van der Waals surface area contributed by atoms with Crippen LogP contribution < -0.4 is 11.1 Å². The third-order valence-electron chi connectivity index (χ3n) is 5.74. The van der Waals surface area contributed by atoms with Gasteiger partial charge in [0.15, 0.2) is 0 Å². The van der Waals surface area contributed by atoms with Gasteiger partial charge in [-0.2, -0.15) is 0 Å². The van der Waals surface area contributed by atoms with Crippen LogP contribution in [0.5, 0.6) is 0 Å². The molecule has 1 aromatic rings. The predicted molar refractivity (Wildman–Crippen MR) is 80.4 cm³/mol. The van der Waals surface area contributed by atoms with Crippen molar-refractivity contribution >= 4 is 11.6 Å².